The zero-order chi connectivity index (χ0) is 17.0. The predicted molar refractivity (Wildman–Crippen MR) is 83.0 cm³/mol. The standard InChI is InChI=1S/C16H18N2O5/c1-10(16(21)22)18(8-7-17-11(2)19)15(20)13-9-23-14-6-4-3-5-12(13)14/h3-6,9-10H,7-8H2,1-2H3,(H,17,19)(H,21,22). The molecule has 0 aliphatic rings. The molecule has 0 spiro atoms. The molecule has 1 aromatic heterocycles. The van der Waals surface area contributed by atoms with E-state index in [4.69, 9.17) is 4.42 Å². The SMILES string of the molecule is CC(=O)NCCN(C(=O)c1coc2ccccc12)C(C)C(=O)O. The predicted octanol–water partition coefficient (Wildman–Crippen LogP) is 1.48. The minimum absolute atomic E-state index is 0.0887. The van der Waals surface area contributed by atoms with Crippen LogP contribution in [0.3, 0.4) is 0 Å². The van der Waals surface area contributed by atoms with Crippen LogP contribution in [0.1, 0.15) is 24.2 Å². The average molecular weight is 318 g/mol. The van der Waals surface area contributed by atoms with Crippen LogP contribution in [0.2, 0.25) is 0 Å². The van der Waals surface area contributed by atoms with E-state index in [0.717, 1.165) is 0 Å². The van der Waals surface area contributed by atoms with Gasteiger partial charge in [0, 0.05) is 25.4 Å². The van der Waals surface area contributed by atoms with Crippen LogP contribution in [0.5, 0.6) is 0 Å². The van der Waals surface area contributed by atoms with Crippen molar-refractivity contribution in [2.75, 3.05) is 13.1 Å². The number of carbonyl (C=O) groups is 3. The van der Waals surface area contributed by atoms with E-state index >= 15 is 0 Å². The largest absolute Gasteiger partial charge is 0.480 e. The van der Waals surface area contributed by atoms with E-state index in [0.29, 0.717) is 16.5 Å². The maximum Gasteiger partial charge on any atom is 0.326 e. The molecule has 0 saturated carbocycles. The number of aliphatic carboxylic acids is 1. The van der Waals surface area contributed by atoms with E-state index in [1.54, 1.807) is 24.3 Å². The number of nitrogens with zero attached hydrogens (tertiary/aromatic N) is 1. The first-order valence-corrected chi connectivity index (χ1v) is 7.16. The molecule has 0 fully saturated rings. The molecule has 7 nitrogen and oxygen atoms in total. The zero-order valence-electron chi connectivity index (χ0n) is 12.9. The summed E-state index contributed by atoms with van der Waals surface area (Å²) >= 11 is 0. The highest BCUT2D eigenvalue weighted by atomic mass is 16.4. The van der Waals surface area contributed by atoms with Crippen molar-refractivity contribution in [3.63, 3.8) is 0 Å². The van der Waals surface area contributed by atoms with Crippen LogP contribution in [0.4, 0.5) is 0 Å². The highest BCUT2D eigenvalue weighted by molar-refractivity contribution is 6.06. The lowest BCUT2D eigenvalue weighted by molar-refractivity contribution is -0.141. The molecule has 1 heterocycles. The van der Waals surface area contributed by atoms with E-state index in [2.05, 4.69) is 5.32 Å². The normalized spacial score (nSPS) is 11.9. The molecule has 2 aromatic rings. The third-order valence-electron chi connectivity index (χ3n) is 3.52. The number of nitrogens with one attached hydrogen (secondary N) is 1. The number of fused-ring (bicyclic) bond motifs is 1. The van der Waals surface area contributed by atoms with Gasteiger partial charge in [0.2, 0.25) is 5.91 Å². The van der Waals surface area contributed by atoms with E-state index in [-0.39, 0.29) is 19.0 Å². The van der Waals surface area contributed by atoms with E-state index in [9.17, 15) is 19.5 Å². The minimum Gasteiger partial charge on any atom is -0.480 e. The fraction of sp³-hybridized carbons (Fsp3) is 0.312. The molecule has 0 bridgehead atoms. The summed E-state index contributed by atoms with van der Waals surface area (Å²) in [6, 6.07) is 6.01. The number of para-hydroxylation sites is 1. The molecule has 0 saturated heterocycles. The number of furan rings is 1. The fourth-order valence-electron chi connectivity index (χ4n) is 2.25. The monoisotopic (exact) mass is 318 g/mol. The lowest BCUT2D eigenvalue weighted by Crippen LogP contribution is -2.46. The molecule has 0 aliphatic heterocycles. The van der Waals surface area contributed by atoms with Gasteiger partial charge in [-0.3, -0.25) is 9.59 Å². The van der Waals surface area contributed by atoms with Crippen LogP contribution < -0.4 is 5.32 Å². The van der Waals surface area contributed by atoms with Gasteiger partial charge in [-0.25, -0.2) is 4.79 Å². The number of carboxylic acids is 1. The summed E-state index contributed by atoms with van der Waals surface area (Å²) in [5.74, 6) is -1.81. The Labute approximate surface area is 132 Å². The lowest BCUT2D eigenvalue weighted by atomic mass is 10.1. The third kappa shape index (κ3) is 3.68. The number of hydrogen-bond acceptors (Lipinski definition) is 4. The molecule has 7 heteroatoms. The van der Waals surface area contributed by atoms with Crippen LogP contribution in [-0.4, -0.2) is 46.9 Å². The van der Waals surface area contributed by atoms with Crippen LogP contribution in [0, 0.1) is 0 Å². The maximum atomic E-state index is 12.7. The van der Waals surface area contributed by atoms with Crippen molar-refractivity contribution in [1.29, 1.82) is 0 Å². The number of hydrogen-bond donors (Lipinski definition) is 2. The molecule has 122 valence electrons. The number of carbonyl (C=O) groups excluding carboxylic acids is 2. The van der Waals surface area contributed by atoms with Crippen molar-refractivity contribution in [3.8, 4) is 0 Å². The first kappa shape index (κ1) is 16.5. The molecule has 2 N–H and O–H groups in total. The van der Waals surface area contributed by atoms with E-state index in [1.165, 1.54) is 25.0 Å². The molecule has 1 atom stereocenters. The molecule has 1 unspecified atom stereocenters. The Morgan fingerprint density at radius 2 is 2.00 bits per heavy atom. The second kappa shape index (κ2) is 6.95. The van der Waals surface area contributed by atoms with Gasteiger partial charge in [-0.1, -0.05) is 18.2 Å². The number of benzene rings is 1. The quantitative estimate of drug-likeness (QED) is 0.840. The van der Waals surface area contributed by atoms with Gasteiger partial charge >= 0.3 is 5.97 Å². The Balaban J connectivity index is 2.28. The van der Waals surface area contributed by atoms with Gasteiger partial charge in [-0.05, 0) is 13.0 Å². The van der Waals surface area contributed by atoms with Crippen molar-refractivity contribution in [3.05, 3.63) is 36.1 Å². The zero-order valence-corrected chi connectivity index (χ0v) is 12.9. The molecule has 1 aromatic carbocycles. The van der Waals surface area contributed by atoms with Gasteiger partial charge < -0.3 is 19.7 Å². The summed E-state index contributed by atoms with van der Waals surface area (Å²) in [7, 11) is 0. The topological polar surface area (TPSA) is 99.9 Å². The Morgan fingerprint density at radius 3 is 2.65 bits per heavy atom. The Morgan fingerprint density at radius 1 is 1.30 bits per heavy atom. The summed E-state index contributed by atoms with van der Waals surface area (Å²) in [4.78, 5) is 36.2. The molecule has 23 heavy (non-hydrogen) atoms. The van der Waals surface area contributed by atoms with Gasteiger partial charge in [-0.15, -0.1) is 0 Å². The van der Waals surface area contributed by atoms with Gasteiger partial charge in [0.25, 0.3) is 5.91 Å². The molecular weight excluding hydrogens is 300 g/mol. The second-order valence-corrected chi connectivity index (χ2v) is 5.14. The first-order chi connectivity index (χ1) is 10.9. The molecule has 0 radical (unpaired) electrons. The summed E-state index contributed by atoms with van der Waals surface area (Å²) in [5.41, 5.74) is 0.858. The minimum atomic E-state index is -1.12. The van der Waals surface area contributed by atoms with Crippen LogP contribution >= 0.6 is 0 Å². The average Bonchev–Trinajstić information content (AvgIpc) is 2.94. The van der Waals surface area contributed by atoms with Crippen molar-refractivity contribution >= 4 is 28.8 Å². The molecule has 0 aliphatic carbocycles. The van der Waals surface area contributed by atoms with Crippen molar-refractivity contribution in [2.45, 2.75) is 19.9 Å². The smallest absolute Gasteiger partial charge is 0.326 e. The summed E-state index contributed by atoms with van der Waals surface area (Å²) < 4.78 is 5.34. The highest BCUT2D eigenvalue weighted by Gasteiger charge is 2.28. The Bertz CT molecular complexity index is 737. The Kier molecular flexibility index (Phi) is 5.00. The van der Waals surface area contributed by atoms with Gasteiger partial charge in [0.05, 0.1) is 5.56 Å². The van der Waals surface area contributed by atoms with Crippen LogP contribution in [0.15, 0.2) is 34.9 Å². The summed E-state index contributed by atoms with van der Waals surface area (Å²) in [6.45, 7) is 3.05. The van der Waals surface area contributed by atoms with Crippen LogP contribution in [0.25, 0.3) is 11.0 Å². The number of rotatable bonds is 6. The second-order valence-electron chi connectivity index (χ2n) is 5.14. The highest BCUT2D eigenvalue weighted by Crippen LogP contribution is 2.22. The van der Waals surface area contributed by atoms with E-state index < -0.39 is 17.9 Å². The number of amides is 2. The van der Waals surface area contributed by atoms with Crippen LogP contribution in [-0.2, 0) is 9.59 Å². The summed E-state index contributed by atoms with van der Waals surface area (Å²) in [5, 5.41) is 12.4. The lowest BCUT2D eigenvalue weighted by Gasteiger charge is -2.26. The van der Waals surface area contributed by atoms with Crippen molar-refractivity contribution in [2.24, 2.45) is 0 Å². The third-order valence-corrected chi connectivity index (χ3v) is 3.52. The molecular formula is C16H18N2O5. The maximum absolute atomic E-state index is 12.7. The van der Waals surface area contributed by atoms with Gasteiger partial charge in [0.15, 0.2) is 0 Å². The van der Waals surface area contributed by atoms with Gasteiger partial charge in [-0.2, -0.15) is 0 Å². The number of carboxylic acid groups (broad SMARTS) is 1. The van der Waals surface area contributed by atoms with Gasteiger partial charge in [0.1, 0.15) is 17.9 Å². The van der Waals surface area contributed by atoms with Crippen molar-refractivity contribution in [1.82, 2.24) is 10.2 Å². The first-order valence-electron chi connectivity index (χ1n) is 7.16. The molecule has 2 rings (SSSR count). The van der Waals surface area contributed by atoms with Crippen molar-refractivity contribution < 1.29 is 23.9 Å². The van der Waals surface area contributed by atoms with E-state index in [1.807, 2.05) is 0 Å². The fourth-order valence-corrected chi connectivity index (χ4v) is 2.25. The summed E-state index contributed by atoms with van der Waals surface area (Å²) in [6.07, 6.45) is 1.33. The Hall–Kier alpha value is -2.83. The molecule has 2 amide bonds.